The molecule has 2 aromatic carbocycles. The Labute approximate surface area is 186 Å². The average molecular weight is 422 g/mol. The number of nitrogens with zero attached hydrogens (tertiary/aromatic N) is 2. The number of guanidine groups is 1. The molecule has 1 saturated heterocycles. The Bertz CT molecular complexity index is 867. The van der Waals surface area contributed by atoms with Crippen molar-refractivity contribution in [1.29, 1.82) is 0 Å². The number of carbonyl (C=O) groups is 1. The Morgan fingerprint density at radius 3 is 2.61 bits per heavy atom. The van der Waals surface area contributed by atoms with Crippen LogP contribution in [0.2, 0.25) is 0 Å². The van der Waals surface area contributed by atoms with Crippen LogP contribution in [-0.2, 0) is 13.0 Å². The van der Waals surface area contributed by atoms with Gasteiger partial charge in [0.25, 0.3) is 5.91 Å². The molecule has 2 unspecified atom stereocenters. The first-order valence-corrected chi connectivity index (χ1v) is 11.1. The third-order valence-electron chi connectivity index (χ3n) is 5.93. The molecule has 0 spiro atoms. The number of carbonyl (C=O) groups excluding carboxylic acids is 1. The summed E-state index contributed by atoms with van der Waals surface area (Å²) in [6, 6.07) is 19.4. The molecule has 3 N–H and O–H groups in total. The zero-order valence-corrected chi connectivity index (χ0v) is 18.9. The van der Waals surface area contributed by atoms with Crippen LogP contribution in [0.1, 0.15) is 41.3 Å². The lowest BCUT2D eigenvalue weighted by Crippen LogP contribution is -2.51. The van der Waals surface area contributed by atoms with Gasteiger partial charge in [0.2, 0.25) is 0 Å². The van der Waals surface area contributed by atoms with Crippen molar-refractivity contribution >= 4 is 11.9 Å². The Kier molecular flexibility index (Phi) is 8.47. The Hall–Kier alpha value is -2.86. The van der Waals surface area contributed by atoms with E-state index in [1.54, 1.807) is 7.05 Å². The van der Waals surface area contributed by atoms with E-state index in [4.69, 9.17) is 0 Å². The summed E-state index contributed by atoms with van der Waals surface area (Å²) < 4.78 is 0. The molecule has 0 saturated carbocycles. The van der Waals surface area contributed by atoms with Crippen molar-refractivity contribution in [2.24, 2.45) is 4.99 Å². The third-order valence-corrected chi connectivity index (χ3v) is 5.93. The smallest absolute Gasteiger partial charge is 0.251 e. The molecule has 2 aromatic rings. The van der Waals surface area contributed by atoms with Crippen LogP contribution in [0.15, 0.2) is 59.6 Å². The third kappa shape index (κ3) is 6.82. The van der Waals surface area contributed by atoms with Gasteiger partial charge in [0.15, 0.2) is 5.96 Å². The van der Waals surface area contributed by atoms with Crippen molar-refractivity contribution in [3.63, 3.8) is 0 Å². The maximum absolute atomic E-state index is 11.8. The first-order chi connectivity index (χ1) is 15.1. The molecular weight excluding hydrogens is 386 g/mol. The number of benzene rings is 2. The molecule has 6 heteroatoms. The van der Waals surface area contributed by atoms with E-state index in [-0.39, 0.29) is 5.91 Å². The van der Waals surface area contributed by atoms with Gasteiger partial charge in [0.05, 0.1) is 0 Å². The molecule has 0 radical (unpaired) electrons. The molecule has 0 bridgehead atoms. The van der Waals surface area contributed by atoms with Crippen LogP contribution in [0.3, 0.4) is 0 Å². The first kappa shape index (κ1) is 22.8. The maximum atomic E-state index is 11.8. The Morgan fingerprint density at radius 2 is 1.90 bits per heavy atom. The van der Waals surface area contributed by atoms with Gasteiger partial charge in [0.1, 0.15) is 0 Å². The molecular formula is C25H35N5O. The SMILES string of the molecule is CN=C(NCCc1cccc(C(=O)NC)c1)NC1CCN(Cc2ccccc2)C(C)C1. The normalized spacial score (nSPS) is 19.6. The lowest BCUT2D eigenvalue weighted by atomic mass is 9.97. The number of hydrogen-bond donors (Lipinski definition) is 3. The van der Waals surface area contributed by atoms with Crippen LogP contribution in [0.4, 0.5) is 0 Å². The summed E-state index contributed by atoms with van der Waals surface area (Å²) in [7, 11) is 3.47. The van der Waals surface area contributed by atoms with E-state index in [2.05, 4.69) is 69.2 Å². The fraction of sp³-hybridized carbons (Fsp3) is 0.440. The lowest BCUT2D eigenvalue weighted by molar-refractivity contribution is 0.0963. The Balaban J connectivity index is 1.44. The summed E-state index contributed by atoms with van der Waals surface area (Å²) in [5, 5.41) is 9.68. The minimum Gasteiger partial charge on any atom is -0.356 e. The zero-order valence-electron chi connectivity index (χ0n) is 18.9. The fourth-order valence-corrected chi connectivity index (χ4v) is 4.13. The van der Waals surface area contributed by atoms with Crippen molar-refractivity contribution in [2.75, 3.05) is 27.2 Å². The monoisotopic (exact) mass is 421 g/mol. The van der Waals surface area contributed by atoms with Gasteiger partial charge in [-0.3, -0.25) is 14.7 Å². The van der Waals surface area contributed by atoms with Crippen molar-refractivity contribution < 1.29 is 4.79 Å². The van der Waals surface area contributed by atoms with Crippen LogP contribution in [-0.4, -0.2) is 56.0 Å². The largest absolute Gasteiger partial charge is 0.356 e. The molecule has 1 fully saturated rings. The van der Waals surface area contributed by atoms with Gasteiger partial charge in [-0.25, -0.2) is 0 Å². The zero-order chi connectivity index (χ0) is 22.1. The number of likely N-dealkylation sites (tertiary alicyclic amines) is 1. The number of aliphatic imine (C=N–C) groups is 1. The molecule has 2 atom stereocenters. The van der Waals surface area contributed by atoms with Gasteiger partial charge in [0, 0.05) is 51.4 Å². The van der Waals surface area contributed by atoms with Crippen LogP contribution in [0.5, 0.6) is 0 Å². The van der Waals surface area contributed by atoms with Gasteiger partial charge in [-0.1, -0.05) is 42.5 Å². The number of nitrogens with one attached hydrogen (secondary N) is 3. The van der Waals surface area contributed by atoms with E-state index in [1.165, 1.54) is 5.56 Å². The summed E-state index contributed by atoms with van der Waals surface area (Å²) in [4.78, 5) is 18.8. The van der Waals surface area contributed by atoms with E-state index in [1.807, 2.05) is 25.2 Å². The van der Waals surface area contributed by atoms with Gasteiger partial charge in [-0.05, 0) is 49.4 Å². The maximum Gasteiger partial charge on any atom is 0.251 e. The molecule has 166 valence electrons. The van der Waals surface area contributed by atoms with Crippen molar-refractivity contribution in [3.8, 4) is 0 Å². The number of amides is 1. The van der Waals surface area contributed by atoms with E-state index < -0.39 is 0 Å². The summed E-state index contributed by atoms with van der Waals surface area (Å²) in [5.74, 6) is 0.788. The fourth-order valence-electron chi connectivity index (χ4n) is 4.13. The lowest BCUT2D eigenvalue weighted by Gasteiger charge is -2.38. The second kappa shape index (κ2) is 11.5. The number of hydrogen-bond acceptors (Lipinski definition) is 3. The molecule has 3 rings (SSSR count). The summed E-state index contributed by atoms with van der Waals surface area (Å²) in [6.45, 7) is 5.17. The molecule has 0 aliphatic carbocycles. The van der Waals surface area contributed by atoms with Gasteiger partial charge in [-0.2, -0.15) is 0 Å². The van der Waals surface area contributed by atoms with E-state index in [9.17, 15) is 4.79 Å². The van der Waals surface area contributed by atoms with E-state index in [0.717, 1.165) is 50.4 Å². The van der Waals surface area contributed by atoms with Gasteiger partial charge >= 0.3 is 0 Å². The molecule has 1 amide bonds. The van der Waals surface area contributed by atoms with Crippen molar-refractivity contribution in [3.05, 3.63) is 71.3 Å². The highest BCUT2D eigenvalue weighted by atomic mass is 16.1. The quantitative estimate of drug-likeness (QED) is 0.475. The number of rotatable bonds is 7. The molecule has 1 heterocycles. The molecule has 6 nitrogen and oxygen atoms in total. The molecule has 1 aliphatic rings. The van der Waals surface area contributed by atoms with Crippen LogP contribution in [0, 0.1) is 0 Å². The predicted octanol–water partition coefficient (Wildman–Crippen LogP) is 2.81. The van der Waals surface area contributed by atoms with Crippen LogP contribution >= 0.6 is 0 Å². The number of piperidine rings is 1. The minimum atomic E-state index is -0.0555. The second-order valence-electron chi connectivity index (χ2n) is 8.20. The highest BCUT2D eigenvalue weighted by Gasteiger charge is 2.25. The summed E-state index contributed by atoms with van der Waals surface area (Å²) in [5.41, 5.74) is 3.20. The summed E-state index contributed by atoms with van der Waals surface area (Å²) >= 11 is 0. The molecule has 1 aliphatic heterocycles. The molecule has 0 aromatic heterocycles. The summed E-state index contributed by atoms with van der Waals surface area (Å²) in [6.07, 6.45) is 3.03. The standard InChI is InChI=1S/C25H35N5O/c1-19-16-23(13-15-30(19)18-21-8-5-4-6-9-21)29-25(27-3)28-14-12-20-10-7-11-22(17-20)24(31)26-2/h4-11,17,19,23H,12-16,18H2,1-3H3,(H,26,31)(H2,27,28,29). The second-order valence-corrected chi connectivity index (χ2v) is 8.20. The highest BCUT2D eigenvalue weighted by Crippen LogP contribution is 2.20. The van der Waals surface area contributed by atoms with Gasteiger partial charge < -0.3 is 16.0 Å². The average Bonchev–Trinajstić information content (AvgIpc) is 2.80. The topological polar surface area (TPSA) is 68.8 Å². The van der Waals surface area contributed by atoms with Crippen molar-refractivity contribution in [1.82, 2.24) is 20.9 Å². The Morgan fingerprint density at radius 1 is 1.13 bits per heavy atom. The minimum absolute atomic E-state index is 0.0555. The van der Waals surface area contributed by atoms with Gasteiger partial charge in [-0.15, -0.1) is 0 Å². The highest BCUT2D eigenvalue weighted by molar-refractivity contribution is 5.94. The predicted molar refractivity (Wildman–Crippen MR) is 127 cm³/mol. The van der Waals surface area contributed by atoms with Crippen LogP contribution < -0.4 is 16.0 Å². The van der Waals surface area contributed by atoms with Crippen LogP contribution in [0.25, 0.3) is 0 Å². The van der Waals surface area contributed by atoms with Crippen molar-refractivity contribution in [2.45, 2.75) is 44.8 Å². The first-order valence-electron chi connectivity index (χ1n) is 11.1. The van der Waals surface area contributed by atoms with E-state index >= 15 is 0 Å². The molecule has 31 heavy (non-hydrogen) atoms. The van der Waals surface area contributed by atoms with E-state index in [0.29, 0.717) is 17.6 Å².